The third-order valence-electron chi connectivity index (χ3n) is 5.57. The summed E-state index contributed by atoms with van der Waals surface area (Å²) in [5.41, 5.74) is 1.13. The number of carbonyl (C=O) groups excluding carboxylic acids is 3. The van der Waals surface area contributed by atoms with Gasteiger partial charge in [-0.05, 0) is 56.0 Å². The highest BCUT2D eigenvalue weighted by molar-refractivity contribution is 5.98. The largest absolute Gasteiger partial charge is 0.508 e. The van der Waals surface area contributed by atoms with Gasteiger partial charge in [0.2, 0.25) is 6.79 Å². The molecule has 2 atom stereocenters. The third kappa shape index (κ3) is 10.1. The number of rotatable bonds is 10. The van der Waals surface area contributed by atoms with Crippen LogP contribution in [0.5, 0.6) is 17.2 Å². The number of fused-ring (bicyclic) bond motifs is 1. The van der Waals surface area contributed by atoms with Crippen molar-refractivity contribution in [1.82, 2.24) is 10.3 Å². The predicted molar refractivity (Wildman–Crippen MR) is 150 cm³/mol. The number of nitrogens with one attached hydrogen (secondary N) is 1. The zero-order valence-corrected chi connectivity index (χ0v) is 24.0. The number of esters is 2. The van der Waals surface area contributed by atoms with Gasteiger partial charge in [0.15, 0.2) is 17.2 Å². The van der Waals surface area contributed by atoms with Gasteiger partial charge in [0.25, 0.3) is 5.91 Å². The molecule has 0 spiro atoms. The Hall–Kier alpha value is -4.34. The molecule has 1 heterocycles. The van der Waals surface area contributed by atoms with Crippen molar-refractivity contribution in [2.24, 2.45) is 5.92 Å². The molecule has 0 aliphatic rings. The molecule has 40 heavy (non-hydrogen) atoms. The van der Waals surface area contributed by atoms with Crippen molar-refractivity contribution in [1.29, 1.82) is 0 Å². The van der Waals surface area contributed by atoms with E-state index in [-0.39, 0.29) is 23.3 Å². The van der Waals surface area contributed by atoms with E-state index in [2.05, 4.69) is 23.3 Å². The molecule has 0 saturated heterocycles. The van der Waals surface area contributed by atoms with Gasteiger partial charge in [-0.3, -0.25) is 9.59 Å². The molecule has 1 amide bonds. The summed E-state index contributed by atoms with van der Waals surface area (Å²) in [4.78, 5) is 39.7. The Morgan fingerprint density at radius 3 is 2.33 bits per heavy atom. The molecule has 3 rings (SSSR count). The number of ether oxygens (including phenoxy) is 4. The fourth-order valence-electron chi connectivity index (χ4n) is 3.75. The highest BCUT2D eigenvalue weighted by Gasteiger charge is 2.25. The molecule has 0 aliphatic carbocycles. The fourth-order valence-corrected chi connectivity index (χ4v) is 3.75. The average Bonchev–Trinajstić information content (AvgIpc) is 2.88. The lowest BCUT2D eigenvalue weighted by molar-refractivity contribution is -0.151. The first-order valence-electron chi connectivity index (χ1n) is 12.9. The van der Waals surface area contributed by atoms with Crippen LogP contribution in [0.4, 0.5) is 0 Å². The van der Waals surface area contributed by atoms with E-state index >= 15 is 0 Å². The number of carbonyl (C=O) groups is 3. The number of methoxy groups -OCH3 is 1. The average molecular weight is 555 g/mol. The molecule has 0 aliphatic heterocycles. The molecule has 2 aromatic carbocycles. The van der Waals surface area contributed by atoms with Crippen molar-refractivity contribution in [2.75, 3.05) is 13.9 Å². The van der Waals surface area contributed by atoms with Gasteiger partial charge in [-0.15, -0.1) is 0 Å². The number of phenolic OH excluding ortho intramolecular Hbond substituents is 1. The lowest BCUT2D eigenvalue weighted by Crippen LogP contribution is -2.41. The molecule has 10 heteroatoms. The van der Waals surface area contributed by atoms with Crippen molar-refractivity contribution in [2.45, 2.75) is 60.1 Å². The Balaban J connectivity index is 0.000000382. The molecule has 10 nitrogen and oxygen atoms in total. The number of benzene rings is 2. The zero-order chi connectivity index (χ0) is 29.8. The number of amides is 1. The van der Waals surface area contributed by atoms with E-state index in [0.29, 0.717) is 11.7 Å². The number of aryl methyl sites for hydroxylation is 1. The van der Waals surface area contributed by atoms with Crippen LogP contribution in [0.25, 0.3) is 10.8 Å². The van der Waals surface area contributed by atoms with E-state index in [9.17, 15) is 19.5 Å². The molecule has 1 unspecified atom stereocenters. The van der Waals surface area contributed by atoms with Gasteiger partial charge in [0.05, 0.1) is 13.2 Å². The van der Waals surface area contributed by atoms with E-state index in [4.69, 9.17) is 18.9 Å². The number of nitrogens with zero attached hydrogens (tertiary/aromatic N) is 1. The summed E-state index contributed by atoms with van der Waals surface area (Å²) >= 11 is 0. The Kier molecular flexibility index (Phi) is 12.2. The van der Waals surface area contributed by atoms with Crippen LogP contribution in [0.2, 0.25) is 0 Å². The maximum absolute atomic E-state index is 12.6. The summed E-state index contributed by atoms with van der Waals surface area (Å²) < 4.78 is 20.6. The first kappa shape index (κ1) is 31.9. The van der Waals surface area contributed by atoms with Crippen molar-refractivity contribution < 1.29 is 38.4 Å². The third-order valence-corrected chi connectivity index (χ3v) is 5.57. The molecule has 1 aromatic heterocycles. The van der Waals surface area contributed by atoms with Crippen LogP contribution in [0, 0.1) is 12.8 Å². The molecule has 3 aromatic rings. The van der Waals surface area contributed by atoms with Gasteiger partial charge < -0.3 is 29.4 Å². The molecular weight excluding hydrogens is 516 g/mol. The Morgan fingerprint density at radius 1 is 1.00 bits per heavy atom. The number of hydrogen-bond acceptors (Lipinski definition) is 9. The molecular formula is C30H38N2O8. The second kappa shape index (κ2) is 15.3. The predicted octanol–water partition coefficient (Wildman–Crippen LogP) is 4.94. The van der Waals surface area contributed by atoms with Gasteiger partial charge in [-0.1, -0.05) is 43.7 Å². The summed E-state index contributed by atoms with van der Waals surface area (Å²) in [6.07, 6.45) is 1.82. The molecule has 0 fully saturated rings. The van der Waals surface area contributed by atoms with Crippen molar-refractivity contribution in [3.8, 4) is 17.2 Å². The fraction of sp³-hybridized carbons (Fsp3) is 0.400. The lowest BCUT2D eigenvalue weighted by atomic mass is 10.1. The highest BCUT2D eigenvalue weighted by atomic mass is 16.7. The Morgan fingerprint density at radius 2 is 1.68 bits per heavy atom. The van der Waals surface area contributed by atoms with E-state index < -0.39 is 30.7 Å². The summed E-state index contributed by atoms with van der Waals surface area (Å²) in [5.74, 6) is -0.812. The van der Waals surface area contributed by atoms with Crippen LogP contribution >= 0.6 is 0 Å². The van der Waals surface area contributed by atoms with Gasteiger partial charge in [-0.25, -0.2) is 9.78 Å². The number of aromatic hydroxyl groups is 1. The molecule has 0 saturated carbocycles. The highest BCUT2D eigenvalue weighted by Crippen LogP contribution is 2.29. The number of aromatic nitrogens is 1. The van der Waals surface area contributed by atoms with Crippen LogP contribution in [0.3, 0.4) is 0 Å². The minimum absolute atomic E-state index is 0.00232. The molecule has 216 valence electrons. The van der Waals surface area contributed by atoms with Gasteiger partial charge in [0, 0.05) is 19.2 Å². The monoisotopic (exact) mass is 554 g/mol. The van der Waals surface area contributed by atoms with Gasteiger partial charge >= 0.3 is 11.9 Å². The Bertz CT molecular complexity index is 1270. The zero-order valence-electron chi connectivity index (χ0n) is 24.0. The number of phenols is 1. The van der Waals surface area contributed by atoms with Crippen LogP contribution in [-0.2, 0) is 19.1 Å². The first-order chi connectivity index (χ1) is 18.9. The molecule has 0 radical (unpaired) electrons. The van der Waals surface area contributed by atoms with Crippen molar-refractivity contribution >= 4 is 28.6 Å². The summed E-state index contributed by atoms with van der Waals surface area (Å²) in [7, 11) is 1.39. The van der Waals surface area contributed by atoms with Crippen molar-refractivity contribution in [3.63, 3.8) is 0 Å². The topological polar surface area (TPSA) is 133 Å². The van der Waals surface area contributed by atoms with Gasteiger partial charge in [-0.2, -0.15) is 0 Å². The second-order valence-electron chi connectivity index (χ2n) is 9.70. The van der Waals surface area contributed by atoms with Crippen LogP contribution in [0.1, 0.15) is 57.1 Å². The van der Waals surface area contributed by atoms with Crippen LogP contribution in [0.15, 0.2) is 48.7 Å². The molecule has 0 bridgehead atoms. The number of hydrogen-bond donors (Lipinski definition) is 2. The van der Waals surface area contributed by atoms with Gasteiger partial charge in [0.1, 0.15) is 11.8 Å². The van der Waals surface area contributed by atoms with E-state index in [1.54, 1.807) is 19.1 Å². The number of pyridine rings is 1. The van der Waals surface area contributed by atoms with E-state index in [1.165, 1.54) is 44.2 Å². The van der Waals surface area contributed by atoms with Crippen molar-refractivity contribution in [3.05, 3.63) is 59.9 Å². The van der Waals surface area contributed by atoms with Crippen LogP contribution < -0.4 is 14.8 Å². The minimum Gasteiger partial charge on any atom is -0.508 e. The Labute approximate surface area is 234 Å². The standard InChI is InChI=1S/C19H28N2O7.C11H10O/c1-11(2)9-12(3)28-19(24)13(4)21-18(23)16-17(27-10-26-14(5)22)15(25-6)7-8-20-16;1-8-2-3-10-7-11(12)5-4-9(10)6-8/h7-8,11-13H,9-10H2,1-6H3,(H,21,23);2-7,12H,1H3/t12?,13-;/m0./s1. The first-order valence-corrected chi connectivity index (χ1v) is 12.9. The van der Waals surface area contributed by atoms with E-state index in [1.807, 2.05) is 32.0 Å². The SMILES string of the molecule is COc1ccnc(C(=O)N[C@@H](C)C(=O)OC(C)CC(C)C)c1OCOC(C)=O.Cc1ccc2cc(O)ccc2c1. The lowest BCUT2D eigenvalue weighted by Gasteiger charge is -2.19. The quantitative estimate of drug-likeness (QED) is 0.264. The van der Waals surface area contributed by atoms with E-state index in [0.717, 1.165) is 11.8 Å². The minimum atomic E-state index is -0.892. The summed E-state index contributed by atoms with van der Waals surface area (Å²) in [5, 5.41) is 14.0. The molecule has 2 N–H and O–H groups in total. The summed E-state index contributed by atoms with van der Waals surface area (Å²) in [6, 6.07) is 12.2. The smallest absolute Gasteiger partial charge is 0.328 e. The maximum Gasteiger partial charge on any atom is 0.328 e. The second-order valence-corrected chi connectivity index (χ2v) is 9.70. The summed E-state index contributed by atoms with van der Waals surface area (Å²) in [6.45, 7) is 10.3. The van der Waals surface area contributed by atoms with Crippen LogP contribution in [-0.4, -0.2) is 54.0 Å². The maximum atomic E-state index is 12.6. The normalized spacial score (nSPS) is 12.0.